The van der Waals surface area contributed by atoms with E-state index < -0.39 is 0 Å². The zero-order valence-electron chi connectivity index (χ0n) is 4.11. The van der Waals surface area contributed by atoms with Crippen LogP contribution >= 0.6 is 11.6 Å². The summed E-state index contributed by atoms with van der Waals surface area (Å²) >= 11 is 5.49. The van der Waals surface area contributed by atoms with Gasteiger partial charge in [0.1, 0.15) is 0 Å². The van der Waals surface area contributed by atoms with E-state index >= 15 is 0 Å². The highest BCUT2D eigenvalue weighted by Crippen LogP contribution is 2.14. The van der Waals surface area contributed by atoms with E-state index in [1.54, 1.807) is 0 Å². The van der Waals surface area contributed by atoms with Crippen molar-refractivity contribution >= 4 is 11.6 Å². The summed E-state index contributed by atoms with van der Waals surface area (Å²) < 4.78 is 5.03. The Labute approximate surface area is 48.6 Å². The second kappa shape index (κ2) is 2.53. The lowest BCUT2D eigenvalue weighted by atomic mass is 10.2. The van der Waals surface area contributed by atoms with Gasteiger partial charge >= 0.3 is 0 Å². The van der Waals surface area contributed by atoms with Crippen molar-refractivity contribution < 1.29 is 4.74 Å². The molecule has 0 aromatic heterocycles. The van der Waals surface area contributed by atoms with Crippen LogP contribution in [0.1, 0.15) is 6.42 Å². The molecule has 0 aliphatic carbocycles. The topological polar surface area (TPSA) is 9.23 Å². The number of rotatable bonds is 1. The molecule has 2 heteroatoms. The third-order valence-corrected chi connectivity index (χ3v) is 1.47. The Kier molecular flexibility index (Phi) is 1.95. The largest absolute Gasteiger partial charge is 0.381 e. The van der Waals surface area contributed by atoms with Gasteiger partial charge in [0.05, 0.1) is 6.61 Å². The van der Waals surface area contributed by atoms with Gasteiger partial charge in [-0.3, -0.25) is 0 Å². The summed E-state index contributed by atoms with van der Waals surface area (Å²) in [4.78, 5) is 0. The van der Waals surface area contributed by atoms with Crippen LogP contribution in [0.15, 0.2) is 0 Å². The molecule has 0 N–H and O–H groups in total. The first-order chi connectivity index (χ1) is 3.43. The van der Waals surface area contributed by atoms with Crippen LogP contribution in [0.3, 0.4) is 0 Å². The quantitative estimate of drug-likeness (QED) is 0.472. The molecule has 1 aliphatic rings. The molecule has 1 heterocycles. The molecule has 1 radical (unpaired) electrons. The molecule has 7 heavy (non-hydrogen) atoms. The van der Waals surface area contributed by atoms with Gasteiger partial charge in [-0.1, -0.05) is 0 Å². The second-order valence-corrected chi connectivity index (χ2v) is 1.95. The number of hydrogen-bond acceptors (Lipinski definition) is 1. The maximum absolute atomic E-state index is 5.49. The third kappa shape index (κ3) is 1.32. The van der Waals surface area contributed by atoms with E-state index in [1.807, 2.05) is 0 Å². The van der Waals surface area contributed by atoms with Crippen molar-refractivity contribution in [1.82, 2.24) is 0 Å². The first-order valence-corrected chi connectivity index (χ1v) is 2.94. The van der Waals surface area contributed by atoms with E-state index in [9.17, 15) is 0 Å². The van der Waals surface area contributed by atoms with E-state index in [-0.39, 0.29) is 0 Å². The van der Waals surface area contributed by atoms with Gasteiger partial charge in [-0.25, -0.2) is 0 Å². The number of ether oxygens (including phenoxy) is 1. The highest BCUT2D eigenvalue weighted by atomic mass is 35.5. The highest BCUT2D eigenvalue weighted by Gasteiger charge is 2.13. The highest BCUT2D eigenvalue weighted by molar-refractivity contribution is 6.19. The van der Waals surface area contributed by atoms with Crippen molar-refractivity contribution in [3.8, 4) is 0 Å². The van der Waals surface area contributed by atoms with Gasteiger partial charge in [0, 0.05) is 18.4 Å². The summed E-state index contributed by atoms with van der Waals surface area (Å²) in [7, 11) is 0. The van der Waals surface area contributed by atoms with Crippen LogP contribution in [0.4, 0.5) is 0 Å². The van der Waals surface area contributed by atoms with Crippen LogP contribution in [0.2, 0.25) is 0 Å². The summed E-state index contributed by atoms with van der Waals surface area (Å²) in [5, 5.41) is 0. The lowest BCUT2D eigenvalue weighted by Gasteiger charge is -1.94. The predicted octanol–water partition coefficient (Wildman–Crippen LogP) is 1.22. The monoisotopic (exact) mass is 119 g/mol. The van der Waals surface area contributed by atoms with Crippen LogP contribution in [0.5, 0.6) is 0 Å². The Balaban J connectivity index is 2.14. The first kappa shape index (κ1) is 5.39. The Morgan fingerprint density at radius 1 is 1.71 bits per heavy atom. The minimum atomic E-state index is 0.681. The maximum Gasteiger partial charge on any atom is 0.0541 e. The molecule has 1 fully saturated rings. The predicted molar refractivity (Wildman–Crippen MR) is 29.4 cm³/mol. The molecular formula is C5H8ClO. The SMILES string of the molecule is ClC[C]1CCOC1. The summed E-state index contributed by atoms with van der Waals surface area (Å²) in [6, 6.07) is 0. The van der Waals surface area contributed by atoms with E-state index in [1.165, 1.54) is 5.92 Å². The fourth-order valence-electron chi connectivity index (χ4n) is 0.611. The Morgan fingerprint density at radius 2 is 2.57 bits per heavy atom. The van der Waals surface area contributed by atoms with Crippen LogP contribution in [-0.2, 0) is 4.74 Å². The molecule has 1 rings (SSSR count). The fourth-order valence-corrected chi connectivity index (χ4v) is 0.821. The normalized spacial score (nSPS) is 23.6. The Bertz CT molecular complexity index is 50.0. The standard InChI is InChI=1S/C5H8ClO/c6-3-5-1-2-7-4-5/h1-4H2. The van der Waals surface area contributed by atoms with Gasteiger partial charge < -0.3 is 4.74 Å². The molecular weight excluding hydrogens is 112 g/mol. The molecule has 1 aliphatic heterocycles. The molecule has 41 valence electrons. The van der Waals surface area contributed by atoms with Gasteiger partial charge in [-0.15, -0.1) is 11.6 Å². The minimum Gasteiger partial charge on any atom is -0.381 e. The molecule has 0 aromatic rings. The average Bonchev–Trinajstić information content (AvgIpc) is 2.14. The Morgan fingerprint density at radius 3 is 2.86 bits per heavy atom. The van der Waals surface area contributed by atoms with E-state index in [2.05, 4.69) is 0 Å². The Hall–Kier alpha value is 0.250. The van der Waals surface area contributed by atoms with Crippen molar-refractivity contribution in [2.45, 2.75) is 6.42 Å². The molecule has 0 aromatic carbocycles. The molecule has 0 saturated carbocycles. The number of halogens is 1. The molecule has 1 saturated heterocycles. The smallest absolute Gasteiger partial charge is 0.0541 e. The summed E-state index contributed by atoms with van der Waals surface area (Å²) in [5.74, 6) is 2.02. The third-order valence-electron chi connectivity index (χ3n) is 1.10. The van der Waals surface area contributed by atoms with Crippen molar-refractivity contribution in [2.75, 3.05) is 19.1 Å². The van der Waals surface area contributed by atoms with Crippen LogP contribution in [0.25, 0.3) is 0 Å². The van der Waals surface area contributed by atoms with Crippen LogP contribution in [-0.4, -0.2) is 19.1 Å². The van der Waals surface area contributed by atoms with Gasteiger partial charge in [0.25, 0.3) is 0 Å². The zero-order chi connectivity index (χ0) is 5.11. The van der Waals surface area contributed by atoms with E-state index in [0.717, 1.165) is 19.6 Å². The van der Waals surface area contributed by atoms with Gasteiger partial charge in [-0.2, -0.15) is 0 Å². The fraction of sp³-hybridized carbons (Fsp3) is 0.800. The molecule has 0 atom stereocenters. The van der Waals surface area contributed by atoms with Crippen molar-refractivity contribution in [2.24, 2.45) is 0 Å². The van der Waals surface area contributed by atoms with Crippen molar-refractivity contribution in [3.05, 3.63) is 5.92 Å². The molecule has 1 nitrogen and oxygen atoms in total. The lowest BCUT2D eigenvalue weighted by Crippen LogP contribution is -1.95. The van der Waals surface area contributed by atoms with Gasteiger partial charge in [-0.05, 0) is 6.42 Å². The molecule has 0 bridgehead atoms. The molecule has 0 unspecified atom stereocenters. The lowest BCUT2D eigenvalue weighted by molar-refractivity contribution is 0.201. The van der Waals surface area contributed by atoms with Crippen molar-refractivity contribution in [1.29, 1.82) is 0 Å². The zero-order valence-corrected chi connectivity index (χ0v) is 4.87. The van der Waals surface area contributed by atoms with Crippen LogP contribution in [0, 0.1) is 5.92 Å². The maximum atomic E-state index is 5.49. The molecule has 0 spiro atoms. The number of alkyl halides is 1. The molecule has 0 amide bonds. The number of hydrogen-bond donors (Lipinski definition) is 0. The first-order valence-electron chi connectivity index (χ1n) is 2.41. The van der Waals surface area contributed by atoms with Crippen LogP contribution < -0.4 is 0 Å². The van der Waals surface area contributed by atoms with Crippen molar-refractivity contribution in [3.63, 3.8) is 0 Å². The van der Waals surface area contributed by atoms with E-state index in [0.29, 0.717) is 5.88 Å². The summed E-state index contributed by atoms with van der Waals surface area (Å²) in [6.45, 7) is 1.67. The van der Waals surface area contributed by atoms with E-state index in [4.69, 9.17) is 16.3 Å². The van der Waals surface area contributed by atoms with Gasteiger partial charge in [0.15, 0.2) is 0 Å². The minimum absolute atomic E-state index is 0.681. The average molecular weight is 120 g/mol. The summed E-state index contributed by atoms with van der Waals surface area (Å²) in [6.07, 6.45) is 1.07. The van der Waals surface area contributed by atoms with Gasteiger partial charge in [0.2, 0.25) is 0 Å². The summed E-state index contributed by atoms with van der Waals surface area (Å²) in [5.41, 5.74) is 0. The second-order valence-electron chi connectivity index (χ2n) is 1.69.